The topological polar surface area (TPSA) is 69.0 Å². The molecular formula is C25H23ClN4O2S. The van der Waals surface area contributed by atoms with Gasteiger partial charge in [-0.1, -0.05) is 66.7 Å². The number of nitrogens with zero attached hydrogens (tertiary/aromatic N) is 3. The summed E-state index contributed by atoms with van der Waals surface area (Å²) in [6.07, 6.45) is 0.950. The summed E-state index contributed by atoms with van der Waals surface area (Å²) in [5.74, 6) is 1.32. The Labute approximate surface area is 202 Å². The standard InChI is InChI=1S/C25H23ClN4O2S/c1-3-17-12-14-18(15-13-17)30-24(19-8-4-7-11-22(19)32-2)28-29-25(30)33-16-23(31)27-21-10-6-5-9-20(21)26/h4-15H,3,16H2,1-2H3,(H,27,31). The van der Waals surface area contributed by atoms with Gasteiger partial charge in [0.2, 0.25) is 5.91 Å². The highest BCUT2D eigenvalue weighted by atomic mass is 35.5. The predicted octanol–water partition coefficient (Wildman–Crippen LogP) is 5.89. The molecule has 0 bridgehead atoms. The van der Waals surface area contributed by atoms with Gasteiger partial charge >= 0.3 is 0 Å². The Morgan fingerprint density at radius 1 is 1.03 bits per heavy atom. The van der Waals surface area contributed by atoms with Crippen molar-refractivity contribution in [3.05, 3.63) is 83.4 Å². The van der Waals surface area contributed by atoms with E-state index < -0.39 is 0 Å². The molecule has 0 fully saturated rings. The maximum atomic E-state index is 12.6. The molecule has 0 atom stereocenters. The van der Waals surface area contributed by atoms with Gasteiger partial charge in [-0.15, -0.1) is 10.2 Å². The van der Waals surface area contributed by atoms with Crippen LogP contribution in [-0.2, 0) is 11.2 Å². The molecule has 4 rings (SSSR count). The normalized spacial score (nSPS) is 10.8. The summed E-state index contributed by atoms with van der Waals surface area (Å²) in [6.45, 7) is 2.12. The Morgan fingerprint density at radius 2 is 1.76 bits per heavy atom. The van der Waals surface area contributed by atoms with Crippen LogP contribution in [0.2, 0.25) is 5.02 Å². The van der Waals surface area contributed by atoms with Gasteiger partial charge in [0, 0.05) is 5.69 Å². The molecule has 1 amide bonds. The van der Waals surface area contributed by atoms with Crippen LogP contribution in [-0.4, -0.2) is 33.5 Å². The van der Waals surface area contributed by atoms with Crippen LogP contribution in [0.3, 0.4) is 0 Å². The Hall–Kier alpha value is -3.29. The first-order valence-electron chi connectivity index (χ1n) is 10.5. The van der Waals surface area contributed by atoms with Gasteiger partial charge in [-0.2, -0.15) is 0 Å². The molecular weight excluding hydrogens is 456 g/mol. The summed E-state index contributed by atoms with van der Waals surface area (Å²) in [6, 6.07) is 23.1. The summed E-state index contributed by atoms with van der Waals surface area (Å²) in [5, 5.41) is 12.8. The Balaban J connectivity index is 1.65. The van der Waals surface area contributed by atoms with E-state index in [0.29, 0.717) is 27.4 Å². The van der Waals surface area contributed by atoms with Crippen molar-refractivity contribution in [1.82, 2.24) is 14.8 Å². The number of ether oxygens (including phenoxy) is 1. The first-order chi connectivity index (χ1) is 16.1. The number of anilines is 1. The van der Waals surface area contributed by atoms with Crippen LogP contribution < -0.4 is 10.1 Å². The molecule has 0 aliphatic rings. The van der Waals surface area contributed by atoms with Crippen molar-refractivity contribution in [3.8, 4) is 22.8 Å². The van der Waals surface area contributed by atoms with E-state index in [-0.39, 0.29) is 11.7 Å². The van der Waals surface area contributed by atoms with Gasteiger partial charge in [0.1, 0.15) is 5.75 Å². The van der Waals surface area contributed by atoms with Gasteiger partial charge in [-0.25, -0.2) is 0 Å². The van der Waals surface area contributed by atoms with Crippen LogP contribution in [0.1, 0.15) is 12.5 Å². The molecule has 0 aliphatic heterocycles. The number of hydrogen-bond acceptors (Lipinski definition) is 5. The van der Waals surface area contributed by atoms with E-state index in [4.69, 9.17) is 16.3 Å². The highest BCUT2D eigenvalue weighted by molar-refractivity contribution is 7.99. The number of aromatic nitrogens is 3. The van der Waals surface area contributed by atoms with Crippen molar-refractivity contribution in [3.63, 3.8) is 0 Å². The second-order valence-corrected chi connectivity index (χ2v) is 8.53. The zero-order valence-electron chi connectivity index (χ0n) is 18.3. The molecule has 1 aromatic heterocycles. The number of amides is 1. The second-order valence-electron chi connectivity index (χ2n) is 7.18. The smallest absolute Gasteiger partial charge is 0.234 e. The minimum Gasteiger partial charge on any atom is -0.496 e. The van der Waals surface area contributed by atoms with E-state index in [1.807, 2.05) is 53.1 Å². The number of thioether (sulfide) groups is 1. The Kier molecular flexibility index (Phi) is 7.32. The second kappa shape index (κ2) is 10.6. The molecule has 33 heavy (non-hydrogen) atoms. The number of halogens is 1. The summed E-state index contributed by atoms with van der Waals surface area (Å²) < 4.78 is 7.50. The molecule has 0 spiro atoms. The fraction of sp³-hybridized carbons (Fsp3) is 0.160. The summed E-state index contributed by atoms with van der Waals surface area (Å²) >= 11 is 7.46. The Bertz CT molecular complexity index is 1260. The van der Waals surface area contributed by atoms with Gasteiger partial charge in [-0.05, 0) is 48.4 Å². The van der Waals surface area contributed by atoms with Crippen LogP contribution in [0.4, 0.5) is 5.69 Å². The lowest BCUT2D eigenvalue weighted by Gasteiger charge is -2.13. The molecule has 8 heteroatoms. The average Bonchev–Trinajstić information content (AvgIpc) is 3.28. The highest BCUT2D eigenvalue weighted by Gasteiger charge is 2.20. The number of hydrogen-bond donors (Lipinski definition) is 1. The summed E-state index contributed by atoms with van der Waals surface area (Å²) in [4.78, 5) is 12.6. The molecule has 0 saturated carbocycles. The number of benzene rings is 3. The first-order valence-corrected chi connectivity index (χ1v) is 11.8. The first kappa shape index (κ1) is 22.9. The van der Waals surface area contributed by atoms with E-state index in [1.54, 1.807) is 19.2 Å². The van der Waals surface area contributed by atoms with Crippen LogP contribution in [0.15, 0.2) is 78.0 Å². The van der Waals surface area contributed by atoms with E-state index in [1.165, 1.54) is 17.3 Å². The fourth-order valence-corrected chi connectivity index (χ4v) is 4.29. The van der Waals surface area contributed by atoms with Crippen molar-refractivity contribution in [1.29, 1.82) is 0 Å². The summed E-state index contributed by atoms with van der Waals surface area (Å²) in [7, 11) is 1.63. The Morgan fingerprint density at radius 3 is 2.48 bits per heavy atom. The molecule has 4 aromatic rings. The van der Waals surface area contributed by atoms with E-state index in [2.05, 4.69) is 34.6 Å². The fourth-order valence-electron chi connectivity index (χ4n) is 3.36. The summed E-state index contributed by atoms with van der Waals surface area (Å²) in [5.41, 5.74) is 3.54. The molecule has 0 aliphatic carbocycles. The molecule has 3 aromatic carbocycles. The van der Waals surface area contributed by atoms with Crippen LogP contribution in [0, 0.1) is 0 Å². The SMILES string of the molecule is CCc1ccc(-n2c(SCC(=O)Nc3ccccc3Cl)nnc2-c2ccccc2OC)cc1. The maximum absolute atomic E-state index is 12.6. The van der Waals surface area contributed by atoms with Crippen LogP contribution in [0.5, 0.6) is 5.75 Å². The monoisotopic (exact) mass is 478 g/mol. The minimum atomic E-state index is -0.178. The molecule has 1 N–H and O–H groups in total. The number of carbonyl (C=O) groups is 1. The third-order valence-corrected chi connectivity index (χ3v) is 6.32. The van der Waals surface area contributed by atoms with Gasteiger partial charge < -0.3 is 10.1 Å². The third kappa shape index (κ3) is 5.21. The third-order valence-electron chi connectivity index (χ3n) is 5.06. The van der Waals surface area contributed by atoms with Gasteiger partial charge in [-0.3, -0.25) is 9.36 Å². The van der Waals surface area contributed by atoms with Crippen molar-refractivity contribution < 1.29 is 9.53 Å². The van der Waals surface area contributed by atoms with Gasteiger partial charge in [0.05, 0.1) is 29.1 Å². The molecule has 168 valence electrons. The maximum Gasteiger partial charge on any atom is 0.234 e. The van der Waals surface area contributed by atoms with E-state index in [0.717, 1.165) is 17.7 Å². The molecule has 6 nitrogen and oxygen atoms in total. The van der Waals surface area contributed by atoms with Crippen molar-refractivity contribution >= 4 is 35.0 Å². The van der Waals surface area contributed by atoms with Crippen molar-refractivity contribution in [2.24, 2.45) is 0 Å². The largest absolute Gasteiger partial charge is 0.496 e. The molecule has 0 unspecified atom stereocenters. The molecule has 0 radical (unpaired) electrons. The van der Waals surface area contributed by atoms with E-state index >= 15 is 0 Å². The lowest BCUT2D eigenvalue weighted by Crippen LogP contribution is -2.14. The molecule has 0 saturated heterocycles. The number of nitrogens with one attached hydrogen (secondary N) is 1. The quantitative estimate of drug-likeness (QED) is 0.320. The lowest BCUT2D eigenvalue weighted by atomic mass is 10.1. The van der Waals surface area contributed by atoms with Crippen LogP contribution in [0.25, 0.3) is 17.1 Å². The number of para-hydroxylation sites is 2. The zero-order valence-corrected chi connectivity index (χ0v) is 19.9. The van der Waals surface area contributed by atoms with Gasteiger partial charge in [0.15, 0.2) is 11.0 Å². The number of methoxy groups -OCH3 is 1. The predicted molar refractivity (Wildman–Crippen MR) is 134 cm³/mol. The van der Waals surface area contributed by atoms with E-state index in [9.17, 15) is 4.79 Å². The zero-order chi connectivity index (χ0) is 23.2. The molecule has 1 heterocycles. The number of rotatable bonds is 8. The van der Waals surface area contributed by atoms with Crippen molar-refractivity contribution in [2.75, 3.05) is 18.2 Å². The average molecular weight is 479 g/mol. The lowest BCUT2D eigenvalue weighted by molar-refractivity contribution is -0.113. The minimum absolute atomic E-state index is 0.155. The number of aryl methyl sites for hydroxylation is 1. The van der Waals surface area contributed by atoms with Crippen LogP contribution >= 0.6 is 23.4 Å². The number of carbonyl (C=O) groups excluding carboxylic acids is 1. The highest BCUT2D eigenvalue weighted by Crippen LogP contribution is 2.33. The van der Waals surface area contributed by atoms with Crippen molar-refractivity contribution in [2.45, 2.75) is 18.5 Å². The van der Waals surface area contributed by atoms with Gasteiger partial charge in [0.25, 0.3) is 0 Å².